The highest BCUT2D eigenvalue weighted by atomic mass is 127. The molecule has 1 aliphatic rings. The molecule has 138 valence electrons. The minimum atomic E-state index is 0. The first-order valence-electron chi connectivity index (χ1n) is 8.57. The average Bonchev–Trinajstić information content (AvgIpc) is 3.12. The summed E-state index contributed by atoms with van der Waals surface area (Å²) in [6, 6.07) is 4.30. The number of morpholine rings is 1. The minimum Gasteiger partial charge on any atom is -0.379 e. The van der Waals surface area contributed by atoms with Gasteiger partial charge in [-0.3, -0.25) is 9.89 Å². The van der Waals surface area contributed by atoms with Gasteiger partial charge < -0.3 is 15.4 Å². The van der Waals surface area contributed by atoms with Gasteiger partial charge in [0.2, 0.25) is 0 Å². The van der Waals surface area contributed by atoms with Crippen molar-refractivity contribution in [2.75, 3.05) is 53.0 Å². The number of thiophene rings is 1. The Balaban J connectivity index is 0.00000288. The molecule has 5 nitrogen and oxygen atoms in total. The Morgan fingerprint density at radius 1 is 1.33 bits per heavy atom. The molecule has 1 aromatic rings. The zero-order valence-corrected chi connectivity index (χ0v) is 17.9. The molecule has 1 aliphatic heterocycles. The van der Waals surface area contributed by atoms with Crippen LogP contribution in [0.5, 0.6) is 0 Å². The number of unbranched alkanes of at least 4 members (excludes halogenated alkanes) is 1. The van der Waals surface area contributed by atoms with Gasteiger partial charge in [0.15, 0.2) is 5.96 Å². The molecule has 1 aromatic heterocycles. The highest BCUT2D eigenvalue weighted by Crippen LogP contribution is 2.19. The van der Waals surface area contributed by atoms with E-state index >= 15 is 0 Å². The Hall–Kier alpha value is -0.380. The number of aliphatic imine (C=N–C) groups is 1. The smallest absolute Gasteiger partial charge is 0.190 e. The van der Waals surface area contributed by atoms with Crippen LogP contribution in [0.25, 0.3) is 0 Å². The number of halogens is 1. The van der Waals surface area contributed by atoms with E-state index in [-0.39, 0.29) is 24.0 Å². The van der Waals surface area contributed by atoms with Gasteiger partial charge in [0.05, 0.1) is 13.2 Å². The Kier molecular flexibility index (Phi) is 11.7. The molecule has 2 N–H and O–H groups in total. The fourth-order valence-electron chi connectivity index (χ4n) is 2.63. The summed E-state index contributed by atoms with van der Waals surface area (Å²) in [7, 11) is 1.83. The predicted octanol–water partition coefficient (Wildman–Crippen LogP) is 2.75. The highest BCUT2D eigenvalue weighted by molar-refractivity contribution is 14.0. The van der Waals surface area contributed by atoms with E-state index in [1.807, 2.05) is 18.4 Å². The van der Waals surface area contributed by atoms with Gasteiger partial charge in [-0.2, -0.15) is 0 Å². The van der Waals surface area contributed by atoms with Crippen molar-refractivity contribution >= 4 is 41.3 Å². The number of ether oxygens (including phenoxy) is 1. The second-order valence-electron chi connectivity index (χ2n) is 5.96. The maximum Gasteiger partial charge on any atom is 0.190 e. The first-order chi connectivity index (χ1) is 11.3. The summed E-state index contributed by atoms with van der Waals surface area (Å²) in [5, 5.41) is 8.96. The van der Waals surface area contributed by atoms with Crippen LogP contribution in [0.15, 0.2) is 22.5 Å². The molecule has 0 bridgehead atoms. The first-order valence-corrected chi connectivity index (χ1v) is 9.45. The highest BCUT2D eigenvalue weighted by Gasteiger charge is 2.09. The van der Waals surface area contributed by atoms with Crippen LogP contribution in [0.2, 0.25) is 0 Å². The van der Waals surface area contributed by atoms with Crippen LogP contribution < -0.4 is 10.6 Å². The number of nitrogens with zero attached hydrogens (tertiary/aromatic N) is 2. The minimum absolute atomic E-state index is 0. The van der Waals surface area contributed by atoms with Crippen LogP contribution in [-0.2, 0) is 4.74 Å². The SMILES string of the molecule is CN=C(NCCCCN1CCOCC1)NCC(C)c1cccs1.I. The van der Waals surface area contributed by atoms with Crippen molar-refractivity contribution in [1.29, 1.82) is 0 Å². The maximum atomic E-state index is 5.37. The average molecular weight is 466 g/mol. The van der Waals surface area contributed by atoms with Crippen molar-refractivity contribution in [3.8, 4) is 0 Å². The summed E-state index contributed by atoms with van der Waals surface area (Å²) in [5.74, 6) is 1.41. The van der Waals surface area contributed by atoms with Gasteiger partial charge >= 0.3 is 0 Å². The van der Waals surface area contributed by atoms with Crippen LogP contribution in [0, 0.1) is 0 Å². The second kappa shape index (κ2) is 12.9. The van der Waals surface area contributed by atoms with Crippen molar-refractivity contribution in [2.24, 2.45) is 4.99 Å². The van der Waals surface area contributed by atoms with Gasteiger partial charge in [0.25, 0.3) is 0 Å². The quantitative estimate of drug-likeness (QED) is 0.268. The molecule has 0 spiro atoms. The lowest BCUT2D eigenvalue weighted by molar-refractivity contribution is 0.0372. The van der Waals surface area contributed by atoms with Crippen LogP contribution in [0.1, 0.15) is 30.6 Å². The monoisotopic (exact) mass is 466 g/mol. The molecule has 0 radical (unpaired) electrons. The fraction of sp³-hybridized carbons (Fsp3) is 0.706. The van der Waals surface area contributed by atoms with Gasteiger partial charge in [-0.25, -0.2) is 0 Å². The predicted molar refractivity (Wildman–Crippen MR) is 114 cm³/mol. The molecular formula is C17H31IN4OS. The third-order valence-electron chi connectivity index (χ3n) is 4.13. The van der Waals surface area contributed by atoms with Crippen molar-refractivity contribution in [1.82, 2.24) is 15.5 Å². The normalized spacial score (nSPS) is 17.2. The van der Waals surface area contributed by atoms with E-state index in [0.29, 0.717) is 5.92 Å². The Morgan fingerprint density at radius 3 is 2.79 bits per heavy atom. The van der Waals surface area contributed by atoms with Gasteiger partial charge in [-0.1, -0.05) is 13.0 Å². The van der Waals surface area contributed by atoms with Crippen molar-refractivity contribution in [3.05, 3.63) is 22.4 Å². The maximum absolute atomic E-state index is 5.37. The number of nitrogens with one attached hydrogen (secondary N) is 2. The molecular weight excluding hydrogens is 435 g/mol. The third kappa shape index (κ3) is 8.13. The van der Waals surface area contributed by atoms with E-state index in [0.717, 1.165) is 45.4 Å². The van der Waals surface area contributed by atoms with E-state index in [1.165, 1.54) is 24.3 Å². The van der Waals surface area contributed by atoms with E-state index in [9.17, 15) is 0 Å². The molecule has 0 aromatic carbocycles. The van der Waals surface area contributed by atoms with Crippen LogP contribution in [-0.4, -0.2) is 63.8 Å². The van der Waals surface area contributed by atoms with Gasteiger partial charge in [0, 0.05) is 44.0 Å². The summed E-state index contributed by atoms with van der Waals surface area (Å²) in [4.78, 5) is 8.20. The first kappa shape index (κ1) is 21.7. The van der Waals surface area contributed by atoms with Gasteiger partial charge in [0.1, 0.15) is 0 Å². The van der Waals surface area contributed by atoms with E-state index < -0.39 is 0 Å². The second-order valence-corrected chi connectivity index (χ2v) is 6.94. The molecule has 1 saturated heterocycles. The lowest BCUT2D eigenvalue weighted by Crippen LogP contribution is -2.40. The molecule has 0 aliphatic carbocycles. The van der Waals surface area contributed by atoms with E-state index in [2.05, 4.69) is 45.0 Å². The topological polar surface area (TPSA) is 48.9 Å². The lowest BCUT2D eigenvalue weighted by Gasteiger charge is -2.26. The van der Waals surface area contributed by atoms with Crippen LogP contribution in [0.3, 0.4) is 0 Å². The summed E-state index contributed by atoms with van der Waals surface area (Å²) in [5.41, 5.74) is 0. The van der Waals surface area contributed by atoms with Crippen LogP contribution in [0.4, 0.5) is 0 Å². The molecule has 1 fully saturated rings. The standard InChI is InChI=1S/C17H30N4OS.HI/c1-15(16-6-5-13-23-16)14-20-17(18-2)19-7-3-4-8-21-9-11-22-12-10-21;/h5-6,13,15H,3-4,7-12,14H2,1-2H3,(H2,18,19,20);1H. The molecule has 2 rings (SSSR count). The van der Waals surface area contributed by atoms with Gasteiger partial charge in [-0.15, -0.1) is 35.3 Å². The summed E-state index contributed by atoms with van der Waals surface area (Å²) in [6.45, 7) is 9.23. The Morgan fingerprint density at radius 2 is 2.12 bits per heavy atom. The number of guanidine groups is 1. The van der Waals surface area contributed by atoms with E-state index in [4.69, 9.17) is 4.74 Å². The van der Waals surface area contributed by atoms with Gasteiger partial charge in [-0.05, 0) is 30.8 Å². The van der Waals surface area contributed by atoms with Crippen molar-refractivity contribution < 1.29 is 4.74 Å². The zero-order chi connectivity index (χ0) is 16.3. The summed E-state index contributed by atoms with van der Waals surface area (Å²) in [6.07, 6.45) is 2.38. The zero-order valence-electron chi connectivity index (χ0n) is 14.8. The fourth-order valence-corrected chi connectivity index (χ4v) is 3.42. The Bertz CT molecular complexity index is 449. The van der Waals surface area contributed by atoms with Crippen molar-refractivity contribution in [3.63, 3.8) is 0 Å². The molecule has 24 heavy (non-hydrogen) atoms. The molecule has 2 heterocycles. The van der Waals surface area contributed by atoms with E-state index in [1.54, 1.807) is 0 Å². The summed E-state index contributed by atoms with van der Waals surface area (Å²) < 4.78 is 5.37. The number of hydrogen-bond donors (Lipinski definition) is 2. The lowest BCUT2D eigenvalue weighted by atomic mass is 10.1. The third-order valence-corrected chi connectivity index (χ3v) is 5.23. The summed E-state index contributed by atoms with van der Waals surface area (Å²) >= 11 is 1.81. The largest absolute Gasteiger partial charge is 0.379 e. The molecule has 1 unspecified atom stereocenters. The Labute approximate surface area is 167 Å². The molecule has 0 saturated carbocycles. The molecule has 7 heteroatoms. The number of rotatable bonds is 8. The molecule has 0 amide bonds. The van der Waals surface area contributed by atoms with Crippen molar-refractivity contribution in [2.45, 2.75) is 25.7 Å². The molecule has 1 atom stereocenters. The van der Waals surface area contributed by atoms with Crippen LogP contribution >= 0.6 is 35.3 Å². The number of hydrogen-bond acceptors (Lipinski definition) is 4.